The Hall–Kier alpha value is -3.27. The van der Waals surface area contributed by atoms with Crippen molar-refractivity contribution in [3.05, 3.63) is 70.9 Å². The Labute approximate surface area is 158 Å². The van der Waals surface area contributed by atoms with Crippen LogP contribution in [0.15, 0.2) is 59.5 Å². The standard InChI is InChI=1S/C18H9F4N3O2S/c19-11-3-1-10(2-4-11)14-9-25(17(26)16-15(14)23-28-24-16)12-5-7-13(8-6-12)27-18(20,21)22/h1-9H. The third-order valence-corrected chi connectivity index (χ3v) is 4.46. The molecule has 10 heteroatoms. The van der Waals surface area contributed by atoms with E-state index in [1.807, 2.05) is 0 Å². The number of halogens is 4. The topological polar surface area (TPSA) is 57.0 Å². The maximum absolute atomic E-state index is 13.2. The van der Waals surface area contributed by atoms with Gasteiger partial charge in [-0.25, -0.2) is 4.39 Å². The zero-order valence-electron chi connectivity index (χ0n) is 13.8. The number of benzene rings is 2. The van der Waals surface area contributed by atoms with E-state index in [0.29, 0.717) is 22.3 Å². The SMILES string of the molecule is O=c1c2nsnc2c(-c2ccc(F)cc2)cn1-c1ccc(OC(F)(F)F)cc1. The second-order valence-electron chi connectivity index (χ2n) is 5.73. The Bertz CT molecular complexity index is 1200. The van der Waals surface area contributed by atoms with E-state index >= 15 is 0 Å². The van der Waals surface area contributed by atoms with Crippen LogP contribution in [0.4, 0.5) is 17.6 Å². The predicted octanol–water partition coefficient (Wildman–Crippen LogP) is 4.55. The van der Waals surface area contributed by atoms with Crippen LogP contribution in [0, 0.1) is 5.82 Å². The van der Waals surface area contributed by atoms with E-state index in [2.05, 4.69) is 13.5 Å². The van der Waals surface area contributed by atoms with Crippen molar-refractivity contribution in [2.24, 2.45) is 0 Å². The molecule has 142 valence electrons. The van der Waals surface area contributed by atoms with E-state index in [9.17, 15) is 22.4 Å². The molecular weight excluding hydrogens is 398 g/mol. The summed E-state index contributed by atoms with van der Waals surface area (Å²) >= 11 is 0.859. The van der Waals surface area contributed by atoms with Crippen molar-refractivity contribution in [3.63, 3.8) is 0 Å². The average Bonchev–Trinajstić information content (AvgIpc) is 3.13. The van der Waals surface area contributed by atoms with Gasteiger partial charge in [-0.3, -0.25) is 9.36 Å². The first kappa shape index (κ1) is 18.1. The third-order valence-electron chi connectivity index (χ3n) is 3.93. The number of pyridine rings is 1. The molecule has 2 aromatic carbocycles. The van der Waals surface area contributed by atoms with Crippen LogP contribution in [0.3, 0.4) is 0 Å². The van der Waals surface area contributed by atoms with Crippen LogP contribution in [0.5, 0.6) is 5.75 Å². The highest BCUT2D eigenvalue weighted by Gasteiger charge is 2.31. The summed E-state index contributed by atoms with van der Waals surface area (Å²) in [5.41, 5.74) is 1.48. The normalized spacial score (nSPS) is 11.7. The number of ether oxygens (including phenoxy) is 1. The summed E-state index contributed by atoms with van der Waals surface area (Å²) in [7, 11) is 0. The van der Waals surface area contributed by atoms with Gasteiger partial charge in [0.1, 0.15) is 17.1 Å². The van der Waals surface area contributed by atoms with Crippen molar-refractivity contribution >= 4 is 22.8 Å². The Morgan fingerprint density at radius 2 is 1.57 bits per heavy atom. The van der Waals surface area contributed by atoms with Crippen LogP contribution in [0.25, 0.3) is 27.8 Å². The lowest BCUT2D eigenvalue weighted by atomic mass is 10.1. The molecule has 5 nitrogen and oxygen atoms in total. The Morgan fingerprint density at radius 1 is 0.929 bits per heavy atom. The molecular formula is C18H9F4N3O2S. The van der Waals surface area contributed by atoms with Crippen LogP contribution in [0.2, 0.25) is 0 Å². The minimum absolute atomic E-state index is 0.113. The Balaban J connectivity index is 1.85. The molecule has 4 aromatic rings. The molecule has 0 fully saturated rings. The molecule has 0 aliphatic rings. The smallest absolute Gasteiger partial charge is 0.406 e. The van der Waals surface area contributed by atoms with E-state index in [1.165, 1.54) is 35.0 Å². The van der Waals surface area contributed by atoms with E-state index in [0.717, 1.165) is 23.9 Å². The van der Waals surface area contributed by atoms with Gasteiger partial charge >= 0.3 is 6.36 Å². The molecule has 0 amide bonds. The predicted molar refractivity (Wildman–Crippen MR) is 95.1 cm³/mol. The van der Waals surface area contributed by atoms with E-state index in [4.69, 9.17) is 0 Å². The van der Waals surface area contributed by atoms with Crippen molar-refractivity contribution in [1.82, 2.24) is 13.3 Å². The highest BCUT2D eigenvalue weighted by molar-refractivity contribution is 7.00. The van der Waals surface area contributed by atoms with E-state index in [1.54, 1.807) is 12.1 Å². The van der Waals surface area contributed by atoms with Gasteiger partial charge in [-0.05, 0) is 42.0 Å². The molecule has 28 heavy (non-hydrogen) atoms. The monoisotopic (exact) mass is 407 g/mol. The summed E-state index contributed by atoms with van der Waals surface area (Å²) in [6.45, 7) is 0. The van der Waals surface area contributed by atoms with Crippen molar-refractivity contribution < 1.29 is 22.3 Å². The van der Waals surface area contributed by atoms with Crippen LogP contribution in [-0.2, 0) is 0 Å². The summed E-state index contributed by atoms with van der Waals surface area (Å²) in [5, 5.41) is 0. The van der Waals surface area contributed by atoms with Gasteiger partial charge in [-0.15, -0.1) is 13.2 Å². The molecule has 0 aliphatic heterocycles. The number of hydrogen-bond acceptors (Lipinski definition) is 5. The zero-order chi connectivity index (χ0) is 19.9. The molecule has 0 aliphatic carbocycles. The lowest BCUT2D eigenvalue weighted by molar-refractivity contribution is -0.274. The molecule has 0 bridgehead atoms. The van der Waals surface area contributed by atoms with Crippen LogP contribution < -0.4 is 10.3 Å². The van der Waals surface area contributed by atoms with Crippen molar-refractivity contribution in [1.29, 1.82) is 0 Å². The quantitative estimate of drug-likeness (QED) is 0.468. The first-order valence-electron chi connectivity index (χ1n) is 7.82. The van der Waals surface area contributed by atoms with Gasteiger partial charge in [0.25, 0.3) is 5.56 Å². The Morgan fingerprint density at radius 3 is 2.21 bits per heavy atom. The van der Waals surface area contributed by atoms with Crippen molar-refractivity contribution in [2.45, 2.75) is 6.36 Å². The molecule has 0 saturated heterocycles. The molecule has 0 saturated carbocycles. The summed E-state index contributed by atoms with van der Waals surface area (Å²) < 4.78 is 63.5. The first-order chi connectivity index (χ1) is 13.3. The second kappa shape index (κ2) is 6.71. The summed E-state index contributed by atoms with van der Waals surface area (Å²) in [5.74, 6) is -0.815. The number of rotatable bonds is 3. The van der Waals surface area contributed by atoms with Crippen LogP contribution >= 0.6 is 11.7 Å². The minimum Gasteiger partial charge on any atom is -0.406 e. The number of hydrogen-bond donors (Lipinski definition) is 0. The fraction of sp³-hybridized carbons (Fsp3) is 0.0556. The highest BCUT2D eigenvalue weighted by atomic mass is 32.1. The number of fused-ring (bicyclic) bond motifs is 1. The number of alkyl halides is 3. The summed E-state index contributed by atoms with van der Waals surface area (Å²) in [6, 6.07) is 10.5. The first-order valence-corrected chi connectivity index (χ1v) is 8.55. The Kier molecular flexibility index (Phi) is 4.34. The van der Waals surface area contributed by atoms with Gasteiger partial charge in [0.05, 0.1) is 11.7 Å². The zero-order valence-corrected chi connectivity index (χ0v) is 14.6. The second-order valence-corrected chi connectivity index (χ2v) is 6.26. The highest BCUT2D eigenvalue weighted by Crippen LogP contribution is 2.28. The molecule has 2 aromatic heterocycles. The van der Waals surface area contributed by atoms with Gasteiger partial charge < -0.3 is 4.74 Å². The van der Waals surface area contributed by atoms with Crippen LogP contribution in [-0.4, -0.2) is 19.7 Å². The fourth-order valence-electron chi connectivity index (χ4n) is 2.71. The molecule has 0 unspecified atom stereocenters. The average molecular weight is 407 g/mol. The minimum atomic E-state index is -4.81. The molecule has 0 spiro atoms. The summed E-state index contributed by atoms with van der Waals surface area (Å²) in [6.07, 6.45) is -3.31. The maximum Gasteiger partial charge on any atom is 0.573 e. The van der Waals surface area contributed by atoms with Crippen molar-refractivity contribution in [3.8, 4) is 22.6 Å². The molecule has 4 rings (SSSR count). The van der Waals surface area contributed by atoms with Gasteiger partial charge in [0, 0.05) is 17.4 Å². The number of nitrogens with zero attached hydrogens (tertiary/aromatic N) is 3. The molecule has 0 N–H and O–H groups in total. The lowest BCUT2D eigenvalue weighted by Crippen LogP contribution is -2.19. The van der Waals surface area contributed by atoms with E-state index < -0.39 is 23.5 Å². The number of aromatic nitrogens is 3. The largest absolute Gasteiger partial charge is 0.573 e. The lowest BCUT2D eigenvalue weighted by Gasteiger charge is -2.12. The van der Waals surface area contributed by atoms with E-state index in [-0.39, 0.29) is 5.52 Å². The maximum atomic E-state index is 13.2. The van der Waals surface area contributed by atoms with Gasteiger partial charge in [-0.1, -0.05) is 12.1 Å². The third kappa shape index (κ3) is 3.46. The van der Waals surface area contributed by atoms with Crippen molar-refractivity contribution in [2.75, 3.05) is 0 Å². The molecule has 0 radical (unpaired) electrons. The fourth-order valence-corrected chi connectivity index (χ4v) is 3.26. The summed E-state index contributed by atoms with van der Waals surface area (Å²) in [4.78, 5) is 12.7. The van der Waals surface area contributed by atoms with Gasteiger partial charge in [0.15, 0.2) is 5.52 Å². The molecule has 0 atom stereocenters. The van der Waals surface area contributed by atoms with Gasteiger partial charge in [-0.2, -0.15) is 8.75 Å². The van der Waals surface area contributed by atoms with Crippen LogP contribution in [0.1, 0.15) is 0 Å². The molecule has 2 heterocycles. The van der Waals surface area contributed by atoms with Gasteiger partial charge in [0.2, 0.25) is 0 Å².